The van der Waals surface area contributed by atoms with Crippen LogP contribution in [0.5, 0.6) is 0 Å². The lowest BCUT2D eigenvalue weighted by Gasteiger charge is -1.94. The van der Waals surface area contributed by atoms with Crippen molar-refractivity contribution < 1.29 is 4.42 Å². The van der Waals surface area contributed by atoms with Crippen LogP contribution in [0.3, 0.4) is 0 Å². The molecule has 4 rings (SSSR count). The minimum atomic E-state index is 0.649. The van der Waals surface area contributed by atoms with Crippen molar-refractivity contribution in [1.29, 1.82) is 0 Å². The molecule has 3 N–H and O–H groups in total. The molecule has 0 saturated carbocycles. The average molecular weight is 263 g/mol. The summed E-state index contributed by atoms with van der Waals surface area (Å²) in [6.45, 7) is 0. The highest BCUT2D eigenvalue weighted by atomic mass is 16.3. The van der Waals surface area contributed by atoms with Crippen molar-refractivity contribution in [3.63, 3.8) is 0 Å². The Balaban J connectivity index is 1.79. The van der Waals surface area contributed by atoms with E-state index in [-0.39, 0.29) is 0 Å². The molecule has 0 fully saturated rings. The summed E-state index contributed by atoms with van der Waals surface area (Å²) in [4.78, 5) is 7.75. The number of aromatic nitrogens is 2. The van der Waals surface area contributed by atoms with Gasteiger partial charge in [0.2, 0.25) is 0 Å². The normalized spacial score (nSPS) is 11.4. The summed E-state index contributed by atoms with van der Waals surface area (Å²) < 4.78 is 5.77. The maximum atomic E-state index is 5.90. The number of hydrogen-bond donors (Lipinski definition) is 2. The number of nitrogen functional groups attached to an aromatic ring is 1. The van der Waals surface area contributed by atoms with Crippen molar-refractivity contribution >= 4 is 27.7 Å². The van der Waals surface area contributed by atoms with Gasteiger partial charge in [0.05, 0.1) is 12.1 Å². The van der Waals surface area contributed by atoms with E-state index in [4.69, 9.17) is 10.2 Å². The molecular weight excluding hydrogens is 250 g/mol. The van der Waals surface area contributed by atoms with Crippen LogP contribution in [0.2, 0.25) is 0 Å². The lowest BCUT2D eigenvalue weighted by Crippen LogP contribution is -1.88. The third-order valence-electron chi connectivity index (χ3n) is 3.51. The molecule has 0 atom stereocenters. The van der Waals surface area contributed by atoms with Crippen LogP contribution in [0.4, 0.5) is 5.69 Å². The van der Waals surface area contributed by atoms with Crippen LogP contribution in [0.25, 0.3) is 22.0 Å². The lowest BCUT2D eigenvalue weighted by molar-refractivity contribution is 0.544. The number of benzene rings is 2. The molecule has 0 aliphatic carbocycles. The minimum absolute atomic E-state index is 0.649. The van der Waals surface area contributed by atoms with Gasteiger partial charge in [-0.05, 0) is 23.8 Å². The topological polar surface area (TPSA) is 67.8 Å². The number of rotatable bonds is 2. The highest BCUT2D eigenvalue weighted by molar-refractivity contribution is 5.86. The molecule has 20 heavy (non-hydrogen) atoms. The Hall–Kier alpha value is -2.75. The minimum Gasteiger partial charge on any atom is -0.440 e. The molecule has 4 nitrogen and oxygen atoms in total. The van der Waals surface area contributed by atoms with Crippen molar-refractivity contribution in [2.75, 3.05) is 5.73 Å². The van der Waals surface area contributed by atoms with Crippen molar-refractivity contribution in [2.45, 2.75) is 6.42 Å². The smallest absolute Gasteiger partial charge is 0.200 e. The van der Waals surface area contributed by atoms with Gasteiger partial charge in [0.25, 0.3) is 0 Å². The van der Waals surface area contributed by atoms with Gasteiger partial charge in [-0.15, -0.1) is 0 Å². The van der Waals surface area contributed by atoms with Crippen molar-refractivity contribution in [3.8, 4) is 0 Å². The monoisotopic (exact) mass is 263 g/mol. The molecule has 4 heteroatoms. The number of aromatic amines is 1. The number of oxazole rings is 1. The Labute approximate surface area is 115 Å². The van der Waals surface area contributed by atoms with Gasteiger partial charge >= 0.3 is 0 Å². The molecule has 98 valence electrons. The molecule has 0 unspecified atom stereocenters. The zero-order valence-electron chi connectivity index (χ0n) is 10.8. The molecule has 0 amide bonds. The molecule has 2 heterocycles. The molecule has 0 saturated heterocycles. The van der Waals surface area contributed by atoms with Crippen LogP contribution < -0.4 is 5.73 Å². The summed E-state index contributed by atoms with van der Waals surface area (Å²) in [6.07, 6.45) is 2.65. The van der Waals surface area contributed by atoms with E-state index >= 15 is 0 Å². The second-order valence-electron chi connectivity index (χ2n) is 4.84. The first-order chi connectivity index (χ1) is 9.81. The molecule has 4 aromatic rings. The number of anilines is 1. The fourth-order valence-corrected chi connectivity index (χ4v) is 2.53. The molecule has 2 aromatic carbocycles. The first-order valence-electron chi connectivity index (χ1n) is 6.50. The Morgan fingerprint density at radius 3 is 2.90 bits per heavy atom. The summed E-state index contributed by atoms with van der Waals surface area (Å²) in [6, 6.07) is 13.8. The first kappa shape index (κ1) is 11.1. The molecule has 0 aliphatic heterocycles. The Bertz CT molecular complexity index is 904. The number of H-pyrrole nitrogens is 1. The van der Waals surface area contributed by atoms with Crippen molar-refractivity contribution in [1.82, 2.24) is 9.97 Å². The van der Waals surface area contributed by atoms with E-state index in [1.54, 1.807) is 0 Å². The van der Waals surface area contributed by atoms with Crippen LogP contribution in [0, 0.1) is 0 Å². The Morgan fingerprint density at radius 2 is 2.00 bits per heavy atom. The number of fused-ring (bicyclic) bond motifs is 2. The van der Waals surface area contributed by atoms with Gasteiger partial charge in [0.15, 0.2) is 11.5 Å². The molecule has 2 aromatic heterocycles. The summed E-state index contributed by atoms with van der Waals surface area (Å²) in [5, 5.41) is 1.20. The Morgan fingerprint density at radius 1 is 1.10 bits per heavy atom. The van der Waals surface area contributed by atoms with E-state index in [2.05, 4.69) is 22.1 Å². The van der Waals surface area contributed by atoms with Gasteiger partial charge in [-0.3, -0.25) is 0 Å². The van der Waals surface area contributed by atoms with E-state index in [0.717, 1.165) is 16.6 Å². The van der Waals surface area contributed by atoms with E-state index < -0.39 is 0 Å². The number of hydrogen-bond acceptors (Lipinski definition) is 3. The predicted molar refractivity (Wildman–Crippen MR) is 79.5 cm³/mol. The summed E-state index contributed by atoms with van der Waals surface area (Å²) in [5.74, 6) is 0.683. The summed E-state index contributed by atoms with van der Waals surface area (Å²) in [5.41, 5.74) is 10.3. The molecule has 0 bridgehead atoms. The second-order valence-corrected chi connectivity index (χ2v) is 4.84. The summed E-state index contributed by atoms with van der Waals surface area (Å²) in [7, 11) is 0. The fraction of sp³-hybridized carbons (Fsp3) is 0.0625. The quantitative estimate of drug-likeness (QED) is 0.544. The van der Waals surface area contributed by atoms with Crippen molar-refractivity contribution in [3.05, 3.63) is 60.1 Å². The lowest BCUT2D eigenvalue weighted by atomic mass is 10.1. The third kappa shape index (κ3) is 1.66. The molecule has 0 spiro atoms. The average Bonchev–Trinajstić information content (AvgIpc) is 3.05. The molecular formula is C16H13N3O. The maximum Gasteiger partial charge on any atom is 0.200 e. The van der Waals surface area contributed by atoms with E-state index in [9.17, 15) is 0 Å². The second kappa shape index (κ2) is 4.13. The largest absolute Gasteiger partial charge is 0.440 e. The van der Waals surface area contributed by atoms with E-state index in [1.165, 1.54) is 10.9 Å². The van der Waals surface area contributed by atoms with Crippen LogP contribution in [-0.2, 0) is 6.42 Å². The summed E-state index contributed by atoms with van der Waals surface area (Å²) >= 11 is 0. The van der Waals surface area contributed by atoms with Crippen molar-refractivity contribution in [2.24, 2.45) is 0 Å². The van der Waals surface area contributed by atoms with E-state index in [0.29, 0.717) is 18.0 Å². The standard InChI is InChI=1S/C16H13N3O/c17-12-5-3-7-14-16(12)19-15(20-14)8-10-9-18-13-6-2-1-4-11(10)13/h1-7,9,18H,8,17H2. The third-order valence-corrected chi connectivity index (χ3v) is 3.51. The van der Waals surface area contributed by atoms with Gasteiger partial charge in [-0.1, -0.05) is 24.3 Å². The zero-order chi connectivity index (χ0) is 13.5. The fourth-order valence-electron chi connectivity index (χ4n) is 2.53. The molecule has 0 aliphatic rings. The number of nitrogens with zero attached hydrogens (tertiary/aromatic N) is 1. The van der Waals surface area contributed by atoms with Gasteiger partial charge in [-0.25, -0.2) is 4.98 Å². The predicted octanol–water partition coefficient (Wildman–Crippen LogP) is 3.48. The highest BCUT2D eigenvalue weighted by Crippen LogP contribution is 2.25. The van der Waals surface area contributed by atoms with Gasteiger partial charge < -0.3 is 15.1 Å². The number of para-hydroxylation sites is 2. The van der Waals surface area contributed by atoms with Crippen LogP contribution in [0.1, 0.15) is 11.5 Å². The van der Waals surface area contributed by atoms with Crippen LogP contribution in [0.15, 0.2) is 53.1 Å². The number of nitrogens with two attached hydrogens (primary N) is 1. The van der Waals surface area contributed by atoms with Gasteiger partial charge in [0.1, 0.15) is 5.52 Å². The van der Waals surface area contributed by atoms with Crippen LogP contribution >= 0.6 is 0 Å². The highest BCUT2D eigenvalue weighted by Gasteiger charge is 2.11. The first-order valence-corrected chi connectivity index (χ1v) is 6.50. The maximum absolute atomic E-state index is 5.90. The molecule has 0 radical (unpaired) electrons. The van der Waals surface area contributed by atoms with Gasteiger partial charge in [-0.2, -0.15) is 0 Å². The number of nitrogens with one attached hydrogen (secondary N) is 1. The van der Waals surface area contributed by atoms with Gasteiger partial charge in [0, 0.05) is 17.1 Å². The van der Waals surface area contributed by atoms with Crippen LogP contribution in [-0.4, -0.2) is 9.97 Å². The SMILES string of the molecule is Nc1cccc2oc(Cc3c[nH]c4ccccc34)nc12. The van der Waals surface area contributed by atoms with E-state index in [1.807, 2.05) is 36.5 Å². The zero-order valence-corrected chi connectivity index (χ0v) is 10.8. The Kier molecular flexibility index (Phi) is 2.29.